The average molecular weight is 565 g/mol. The Bertz CT molecular complexity index is 2290. The minimum absolute atomic E-state index is 0.442. The van der Waals surface area contributed by atoms with Crippen LogP contribution >= 0.6 is 0 Å². The monoisotopic (exact) mass is 564 g/mol. The Morgan fingerprint density at radius 2 is 0.795 bits per heavy atom. The summed E-state index contributed by atoms with van der Waals surface area (Å²) in [7, 11) is 0. The Labute approximate surface area is 255 Å². The highest BCUT2D eigenvalue weighted by Gasteiger charge is 2.16. The van der Waals surface area contributed by atoms with Crippen molar-refractivity contribution in [2.75, 3.05) is 0 Å². The number of rotatable bonds is 4. The van der Waals surface area contributed by atoms with E-state index >= 15 is 0 Å². The van der Waals surface area contributed by atoms with Gasteiger partial charge in [0.05, 0.1) is 0 Å². The molecule has 8 aromatic rings. The number of carbonyl (C=O) groups excluding carboxylic acids is 2. The highest BCUT2D eigenvalue weighted by molar-refractivity contribution is 6.15. The molecule has 8 rings (SSSR count). The number of hydrogen-bond donors (Lipinski definition) is 0. The summed E-state index contributed by atoms with van der Waals surface area (Å²) in [5.74, 6) is 0. The molecule has 0 aromatic heterocycles. The highest BCUT2D eigenvalue weighted by Crippen LogP contribution is 2.43. The summed E-state index contributed by atoms with van der Waals surface area (Å²) in [5.41, 5.74) is 6.01. The maximum Gasteiger partial charge on any atom is 0.150 e. The fourth-order valence-electron chi connectivity index (χ4n) is 6.16. The van der Waals surface area contributed by atoms with E-state index in [2.05, 4.69) is 133 Å². The zero-order valence-electron chi connectivity index (χ0n) is 24.0. The lowest BCUT2D eigenvalue weighted by atomic mass is 9.85. The zero-order chi connectivity index (χ0) is 29.9. The van der Waals surface area contributed by atoms with Gasteiger partial charge in [-0.15, -0.1) is 0 Å². The van der Waals surface area contributed by atoms with Crippen molar-refractivity contribution in [3.63, 3.8) is 0 Å². The minimum atomic E-state index is 0.442. The van der Waals surface area contributed by atoms with Crippen molar-refractivity contribution in [1.82, 2.24) is 0 Å². The molecule has 44 heavy (non-hydrogen) atoms. The number of aldehydes is 2. The molecule has 0 amide bonds. The topological polar surface area (TPSA) is 34.1 Å². The fourth-order valence-corrected chi connectivity index (χ4v) is 6.16. The van der Waals surface area contributed by atoms with Crippen molar-refractivity contribution in [3.05, 3.63) is 169 Å². The predicted octanol–water partition coefficient (Wildman–Crippen LogP) is 10.9. The molecule has 0 bridgehead atoms. The van der Waals surface area contributed by atoms with E-state index in [4.69, 9.17) is 0 Å². The number of benzene rings is 8. The summed E-state index contributed by atoms with van der Waals surface area (Å²) >= 11 is 0. The molecule has 208 valence electrons. The number of carbonyl (C=O) groups is 2. The third-order valence-corrected chi connectivity index (χ3v) is 8.27. The SMILES string of the molecule is O=Cc1ccccc1C=O.c1ccc2cc3c(-c4cccc5ccccc45)c(-c4cccc5ccccc45)ccc3cc2c1. The van der Waals surface area contributed by atoms with Crippen LogP contribution in [0.1, 0.15) is 20.7 Å². The van der Waals surface area contributed by atoms with Crippen molar-refractivity contribution in [2.45, 2.75) is 0 Å². The number of fused-ring (bicyclic) bond motifs is 4. The minimum Gasteiger partial charge on any atom is -0.298 e. The molecule has 8 aromatic carbocycles. The molecule has 2 heteroatoms. The second-order valence-electron chi connectivity index (χ2n) is 10.8. The van der Waals surface area contributed by atoms with Crippen molar-refractivity contribution >= 4 is 55.7 Å². The first-order valence-electron chi connectivity index (χ1n) is 14.7. The molecule has 0 radical (unpaired) electrons. The van der Waals surface area contributed by atoms with Gasteiger partial charge in [0, 0.05) is 11.1 Å². The van der Waals surface area contributed by atoms with E-state index in [0.29, 0.717) is 23.7 Å². The molecule has 0 saturated carbocycles. The molecule has 0 saturated heterocycles. The quantitative estimate of drug-likeness (QED) is 0.157. The Balaban J connectivity index is 0.000000268. The largest absolute Gasteiger partial charge is 0.298 e. The molecule has 0 N–H and O–H groups in total. The first-order chi connectivity index (χ1) is 21.7. The second kappa shape index (κ2) is 11.8. The first-order valence-corrected chi connectivity index (χ1v) is 14.7. The van der Waals surface area contributed by atoms with Gasteiger partial charge < -0.3 is 0 Å². The average Bonchev–Trinajstić information content (AvgIpc) is 3.10. The molecule has 0 spiro atoms. The summed E-state index contributed by atoms with van der Waals surface area (Å²) < 4.78 is 0. The van der Waals surface area contributed by atoms with E-state index in [9.17, 15) is 9.59 Å². The van der Waals surface area contributed by atoms with Gasteiger partial charge in [-0.1, -0.05) is 146 Å². The summed E-state index contributed by atoms with van der Waals surface area (Å²) in [5, 5.41) is 10.2. The van der Waals surface area contributed by atoms with Crippen LogP contribution in [0.25, 0.3) is 65.3 Å². The van der Waals surface area contributed by atoms with Crippen LogP contribution in [0.5, 0.6) is 0 Å². The van der Waals surface area contributed by atoms with E-state index in [1.54, 1.807) is 24.3 Å². The Hall–Kier alpha value is -5.86. The number of hydrogen-bond acceptors (Lipinski definition) is 2. The molecule has 0 aliphatic carbocycles. The summed E-state index contributed by atoms with van der Waals surface area (Å²) in [6, 6.07) is 55.3. The van der Waals surface area contributed by atoms with E-state index in [1.165, 1.54) is 65.3 Å². The summed E-state index contributed by atoms with van der Waals surface area (Å²) in [6.45, 7) is 0. The van der Waals surface area contributed by atoms with Gasteiger partial charge in [-0.3, -0.25) is 9.59 Å². The van der Waals surface area contributed by atoms with Crippen LogP contribution in [-0.2, 0) is 0 Å². The van der Waals surface area contributed by atoms with Gasteiger partial charge in [0.2, 0.25) is 0 Å². The highest BCUT2D eigenvalue weighted by atomic mass is 16.1. The van der Waals surface area contributed by atoms with Crippen LogP contribution in [0.4, 0.5) is 0 Å². The summed E-state index contributed by atoms with van der Waals surface area (Å²) in [4.78, 5) is 20.5. The van der Waals surface area contributed by atoms with Crippen molar-refractivity contribution in [3.8, 4) is 22.3 Å². The van der Waals surface area contributed by atoms with Crippen LogP contribution in [0, 0.1) is 0 Å². The maximum absolute atomic E-state index is 10.2. The van der Waals surface area contributed by atoms with Gasteiger partial charge in [0.15, 0.2) is 12.6 Å². The lowest BCUT2D eigenvalue weighted by Crippen LogP contribution is -1.91. The lowest BCUT2D eigenvalue weighted by molar-refractivity contribution is 0.109. The van der Waals surface area contributed by atoms with Gasteiger partial charge >= 0.3 is 0 Å². The van der Waals surface area contributed by atoms with Crippen LogP contribution in [0.15, 0.2) is 158 Å². The molecule has 0 fully saturated rings. The molecule has 0 unspecified atom stereocenters. The fraction of sp³-hybridized carbons (Fsp3) is 0. The molecular weight excluding hydrogens is 536 g/mol. The van der Waals surface area contributed by atoms with Crippen molar-refractivity contribution in [2.24, 2.45) is 0 Å². The molecule has 0 atom stereocenters. The van der Waals surface area contributed by atoms with Crippen LogP contribution in [-0.4, -0.2) is 12.6 Å². The Morgan fingerprint density at radius 3 is 1.41 bits per heavy atom. The maximum atomic E-state index is 10.2. The summed E-state index contributed by atoms with van der Waals surface area (Å²) in [6.07, 6.45) is 1.34. The Kier molecular flexibility index (Phi) is 7.24. The molecule has 2 nitrogen and oxygen atoms in total. The first kappa shape index (κ1) is 27.0. The van der Waals surface area contributed by atoms with Crippen molar-refractivity contribution in [1.29, 1.82) is 0 Å². The van der Waals surface area contributed by atoms with Crippen LogP contribution in [0.2, 0.25) is 0 Å². The third-order valence-electron chi connectivity index (χ3n) is 8.27. The molecule has 0 aliphatic rings. The van der Waals surface area contributed by atoms with Gasteiger partial charge in [-0.2, -0.15) is 0 Å². The van der Waals surface area contributed by atoms with Crippen LogP contribution < -0.4 is 0 Å². The standard InChI is InChI=1S/C34H22.C8H6O2/c1-2-12-26-22-33-27(21-25(26)11-1)19-20-32(30-17-7-13-23-9-3-5-15-28(23)30)34(33)31-18-8-14-24-10-4-6-16-29(24)31;9-5-7-3-1-2-4-8(7)6-10/h1-22H;1-6H. The van der Waals surface area contributed by atoms with E-state index in [1.807, 2.05) is 0 Å². The van der Waals surface area contributed by atoms with E-state index in [0.717, 1.165) is 0 Å². The zero-order valence-corrected chi connectivity index (χ0v) is 24.0. The molecule has 0 heterocycles. The van der Waals surface area contributed by atoms with E-state index < -0.39 is 0 Å². The third kappa shape index (κ3) is 4.93. The van der Waals surface area contributed by atoms with Gasteiger partial charge in [0.25, 0.3) is 0 Å². The van der Waals surface area contributed by atoms with Gasteiger partial charge in [0.1, 0.15) is 0 Å². The normalized spacial score (nSPS) is 10.9. The van der Waals surface area contributed by atoms with Crippen LogP contribution in [0.3, 0.4) is 0 Å². The van der Waals surface area contributed by atoms with Gasteiger partial charge in [-0.25, -0.2) is 0 Å². The molecular formula is C42H28O2. The van der Waals surface area contributed by atoms with Crippen molar-refractivity contribution < 1.29 is 9.59 Å². The van der Waals surface area contributed by atoms with Gasteiger partial charge in [-0.05, 0) is 77.5 Å². The lowest BCUT2D eigenvalue weighted by Gasteiger charge is -2.18. The smallest absolute Gasteiger partial charge is 0.150 e. The van der Waals surface area contributed by atoms with E-state index in [-0.39, 0.29) is 0 Å². The predicted molar refractivity (Wildman–Crippen MR) is 185 cm³/mol. The second-order valence-corrected chi connectivity index (χ2v) is 10.8. The molecule has 0 aliphatic heterocycles. The Morgan fingerprint density at radius 1 is 0.318 bits per heavy atom.